The molecule has 0 aromatic heterocycles. The van der Waals surface area contributed by atoms with Crippen LogP contribution in [-0.4, -0.2) is 263 Å². The van der Waals surface area contributed by atoms with Crippen molar-refractivity contribution in [3.8, 4) is 0 Å². The Labute approximate surface area is 840 Å². The monoisotopic (exact) mass is 2350 g/mol. The molecule has 0 spiro atoms. The van der Waals surface area contributed by atoms with Crippen LogP contribution in [0.3, 0.4) is 0 Å². The molecule has 0 aliphatic heterocycles. The van der Waals surface area contributed by atoms with Gasteiger partial charge in [0.2, 0.25) is 0 Å². The third-order valence-corrected chi connectivity index (χ3v) is 111. The Morgan fingerprint density at radius 3 is 0.593 bits per heavy atom. The maximum absolute atomic E-state index is 10.5. The molecule has 0 aliphatic rings. The molecule has 39 nitrogen and oxygen atoms in total. The van der Waals surface area contributed by atoms with Crippen molar-refractivity contribution in [2.75, 3.05) is 46.2 Å². The van der Waals surface area contributed by atoms with E-state index in [1.807, 2.05) is 183 Å². The number of carbonyl (C=O) groups excluding carboxylic acids is 1. The van der Waals surface area contributed by atoms with Crippen LogP contribution in [0.5, 0.6) is 0 Å². The Morgan fingerprint density at radius 2 is 0.370 bits per heavy atom. The van der Waals surface area contributed by atoms with Gasteiger partial charge in [0.1, 0.15) is 19.2 Å². The summed E-state index contributed by atoms with van der Waals surface area (Å²) in [5, 5.41) is 43.8. The van der Waals surface area contributed by atoms with E-state index < -0.39 is 205 Å². The lowest BCUT2D eigenvalue weighted by molar-refractivity contribution is -0.853. The van der Waals surface area contributed by atoms with Crippen molar-refractivity contribution in [3.63, 3.8) is 0 Å². The van der Waals surface area contributed by atoms with Gasteiger partial charge in [-0.15, -0.1) is 0 Å². The van der Waals surface area contributed by atoms with Crippen molar-refractivity contribution in [2.45, 2.75) is 403 Å². The zero-order valence-corrected chi connectivity index (χ0v) is 117. The van der Waals surface area contributed by atoms with E-state index in [-0.39, 0.29) is 13.2 Å². The highest BCUT2D eigenvalue weighted by Gasteiger charge is 2.57. The number of rotatable bonds is 83. The highest BCUT2D eigenvalue weighted by atomic mass is 28.6. The summed E-state index contributed by atoms with van der Waals surface area (Å²) in [5.74, 6) is 0. The predicted octanol–water partition coefficient (Wildman–Crippen LogP) is 21.9. The molecule has 0 aliphatic carbocycles. The van der Waals surface area contributed by atoms with Gasteiger partial charge in [-0.2, -0.15) is 0 Å². The molecule has 0 aromatic carbocycles. The van der Waals surface area contributed by atoms with Gasteiger partial charge in [-0.25, -0.2) is 4.89 Å². The minimum atomic E-state index is -2.95. The molecule has 1 N–H and O–H groups in total. The van der Waals surface area contributed by atoms with E-state index in [9.17, 15) is 4.79 Å². The van der Waals surface area contributed by atoms with Gasteiger partial charge >= 0.3 is 188 Å². The molecule has 0 saturated carbocycles. The number of carbonyl (C=O) groups is 1. The van der Waals surface area contributed by atoms with Crippen LogP contribution in [0, 0.1) is 0 Å². The lowest BCUT2D eigenvalue weighted by Gasteiger charge is -2.45. The van der Waals surface area contributed by atoms with Crippen molar-refractivity contribution in [3.05, 3.63) is 12.5 Å². The summed E-state index contributed by atoms with van der Waals surface area (Å²) in [5.41, 5.74) is 0. The summed E-state index contributed by atoms with van der Waals surface area (Å²) in [4.78, 5) is 19.3. The Bertz CT molecular complexity index is 3320. The maximum Gasteiger partial charge on any atom is 0.314 e. The van der Waals surface area contributed by atoms with E-state index >= 15 is 0 Å². The molecule has 0 fully saturated rings. The molecular formula is C72H190O39Si24. The average Bonchev–Trinajstić information content (AvgIpc) is 0.827. The van der Waals surface area contributed by atoms with Gasteiger partial charge < -0.3 is 124 Å². The van der Waals surface area contributed by atoms with Gasteiger partial charge in [0.05, 0.1) is 26.4 Å². The zero-order chi connectivity index (χ0) is 105. The third-order valence-electron chi connectivity index (χ3n) is 17.2. The molecule has 0 rings (SSSR count). The number of aliphatic hydroxyl groups is 1. The lowest BCUT2D eigenvalue weighted by atomic mass is 10.1. The molecule has 0 atom stereocenters. The fourth-order valence-corrected chi connectivity index (χ4v) is 143. The normalized spacial score (nSPS) is 15.0. The van der Waals surface area contributed by atoms with E-state index in [1.165, 1.54) is 51.2 Å². The Morgan fingerprint density at radius 1 is 0.185 bits per heavy atom. The van der Waals surface area contributed by atoms with Gasteiger partial charge in [-0.05, 0) is 372 Å². The molecule has 0 aromatic rings. The van der Waals surface area contributed by atoms with Gasteiger partial charge in [0.15, 0.2) is 22.9 Å². The third kappa shape index (κ3) is 74.4. The average molecular weight is 2350 g/mol. The van der Waals surface area contributed by atoms with Crippen LogP contribution in [0.1, 0.15) is 77.0 Å². The second kappa shape index (κ2) is 58.4. The van der Waals surface area contributed by atoms with Crippen LogP contribution >= 0.6 is 0 Å². The molecule has 0 bridgehead atoms. The number of aliphatic hydroxyl groups excluding tert-OH is 1. The first-order valence-corrected chi connectivity index (χ1v) is 115. The SMILES string of the molecule is C[Si](C)(CCCO/C=C\OOOOOOOOOOOCCO)O[Si](C)(C)O[Si](C)(C)O[Si](C)(C)O[Si](C)(C)O[Si](C)(C)O[Si](C)(C)O[Si](C)(C)O[Si](C)(C)O[Si](C)(C)O[Si](C)(C)O[Si](C)(C)O[Si](C)(C)O[Si](C)(C)O[Si](C)(C)O[Si](C)(C)O[Si](C)(C)O[Si](C)(C)O[Si](C)(C)O[Si](C)(C)O[Si](C)(C)O[Si](C)(C)O[Si](C)(C)O[Si](C)(C)CCCOCCOCCCCCCCCCCCC=O. The summed E-state index contributed by atoms with van der Waals surface area (Å²) < 4.78 is 178. The number of hydrogen-bond acceptors (Lipinski definition) is 39. The standard InChI is InChI=1S/C72H190O39Si24/c1-112(2,71-59-64-76-68-67-75-63-58-56-54-52-50-49-51-53-55-57-61-73)89-114(5,6)91-116(9,10)93-118(13,14)95-120(17,18)97-122(21,22)99-124(25,26)101-126(29,30)103-128(33,34)105-130(37,38)107-132(41,42)109-134(45,46)111-135(47,48)110-133(43,44)108-131(39,40)106-129(35,36)104-127(31,32)102-125(27,28)100-123(23,24)98-121(19,20)96-119(15,16)94-117(11,12)92-115(7,8)90-113(3,4)72-60-65-77-69-70-79-81-83-85-87-88-86-84-82-80-78-66-62-74/h61,69-70,74H,49-60,62-68,71-72H2,1-48H3/b70-69-. The smallest absolute Gasteiger partial charge is 0.314 e. The summed E-state index contributed by atoms with van der Waals surface area (Å²) in [6.45, 7) is 102. The van der Waals surface area contributed by atoms with Crippen molar-refractivity contribution >= 4 is 211 Å². The van der Waals surface area contributed by atoms with Crippen LogP contribution in [-0.2, 0) is 169 Å². The van der Waals surface area contributed by atoms with Crippen molar-refractivity contribution < 1.29 is 174 Å². The second-order valence-corrected chi connectivity index (χ2v) is 133. The zero-order valence-electron chi connectivity index (χ0n) is 92.5. The first-order chi connectivity index (χ1) is 60.4. The summed E-state index contributed by atoms with van der Waals surface area (Å²) >= 11 is 0. The minimum Gasteiger partial charge on any atom is -0.498 e. The summed E-state index contributed by atoms with van der Waals surface area (Å²) in [6.07, 6.45) is 16.4. The Kier molecular flexibility index (Phi) is 59.6. The van der Waals surface area contributed by atoms with Crippen molar-refractivity contribution in [1.82, 2.24) is 0 Å². The van der Waals surface area contributed by atoms with Crippen LogP contribution in [0.15, 0.2) is 12.5 Å². The Balaban J connectivity index is 5.57. The van der Waals surface area contributed by atoms with E-state index in [0.29, 0.717) is 39.3 Å². The highest BCUT2D eigenvalue weighted by molar-refractivity contribution is 6.97. The molecule has 0 heterocycles. The number of unbranched alkanes of at least 4 members (excludes halogenated alkanes) is 9. The van der Waals surface area contributed by atoms with Gasteiger partial charge in [-0.3, -0.25) is 0 Å². The quantitative estimate of drug-likeness (QED) is 0.0148. The number of aldehydes is 1. The van der Waals surface area contributed by atoms with Crippen molar-refractivity contribution in [2.24, 2.45) is 0 Å². The summed E-state index contributed by atoms with van der Waals surface area (Å²) in [6, 6.07) is 1.75. The number of ether oxygens (including phenoxy) is 3. The van der Waals surface area contributed by atoms with Crippen LogP contribution in [0.4, 0.5) is 0 Å². The molecule has 808 valence electrons. The summed E-state index contributed by atoms with van der Waals surface area (Å²) in [7, 11) is -67.9. The fraction of sp³-hybridized carbons (Fsp3) is 0.958. The maximum atomic E-state index is 10.5. The van der Waals surface area contributed by atoms with Crippen LogP contribution in [0.2, 0.25) is 326 Å². The van der Waals surface area contributed by atoms with Gasteiger partial charge in [-0.1, -0.05) is 44.9 Å². The van der Waals surface area contributed by atoms with E-state index in [1.54, 1.807) is 0 Å². The number of hydrogen-bond donors (Lipinski definition) is 1. The molecule has 63 heteroatoms. The van der Waals surface area contributed by atoms with Crippen LogP contribution < -0.4 is 0 Å². The van der Waals surface area contributed by atoms with Crippen molar-refractivity contribution in [1.29, 1.82) is 0 Å². The largest absolute Gasteiger partial charge is 0.498 e. The molecule has 135 heavy (non-hydrogen) atoms. The predicted molar refractivity (Wildman–Crippen MR) is 576 cm³/mol. The molecule has 0 unspecified atom stereocenters. The first kappa shape index (κ1) is 138. The second-order valence-electron chi connectivity index (χ2n) is 44.6. The van der Waals surface area contributed by atoms with Gasteiger partial charge in [0, 0.05) is 44.8 Å². The van der Waals surface area contributed by atoms with Gasteiger partial charge in [0.25, 0.3) is 0 Å². The van der Waals surface area contributed by atoms with E-state index in [4.69, 9.17) is 114 Å². The molecular weight excluding hydrogens is 2160 g/mol. The topological polar surface area (TPSA) is 379 Å². The molecule has 0 radical (unpaired) electrons. The van der Waals surface area contributed by atoms with Crippen LogP contribution in [0.25, 0.3) is 0 Å². The fourth-order valence-electron chi connectivity index (χ4n) is 17.8. The Hall–Kier alpha value is 2.78. The first-order valence-electron chi connectivity index (χ1n) is 47.3. The lowest BCUT2D eigenvalue weighted by Crippen LogP contribution is -2.63. The highest BCUT2D eigenvalue weighted by Crippen LogP contribution is 2.38. The molecule has 0 amide bonds. The van der Waals surface area contributed by atoms with E-state index in [0.717, 1.165) is 50.5 Å². The van der Waals surface area contributed by atoms with E-state index in [2.05, 4.69) is 186 Å². The minimum absolute atomic E-state index is 0.186. The molecule has 0 saturated heterocycles.